The summed E-state index contributed by atoms with van der Waals surface area (Å²) in [4.78, 5) is 7.85. The summed E-state index contributed by atoms with van der Waals surface area (Å²) in [6.45, 7) is 2.36. The number of nitrogens with one attached hydrogen (secondary N) is 2. The van der Waals surface area contributed by atoms with Crippen molar-refractivity contribution in [1.82, 2.24) is 15.3 Å². The van der Waals surface area contributed by atoms with Gasteiger partial charge in [0.25, 0.3) is 0 Å². The standard InChI is InChI=1S/C10H15N3/c1-2-8(1)10-12-6-9(13-10)3-7-4-11-5-7/h6-8,11H,1-5H2,(H,12,13). The van der Waals surface area contributed by atoms with E-state index in [1.807, 2.05) is 6.20 Å². The van der Waals surface area contributed by atoms with Crippen LogP contribution in [0.3, 0.4) is 0 Å². The Labute approximate surface area is 78.0 Å². The van der Waals surface area contributed by atoms with Gasteiger partial charge < -0.3 is 10.3 Å². The van der Waals surface area contributed by atoms with Gasteiger partial charge in [-0.25, -0.2) is 4.98 Å². The van der Waals surface area contributed by atoms with Gasteiger partial charge in [-0.05, 0) is 38.3 Å². The van der Waals surface area contributed by atoms with Gasteiger partial charge in [-0.1, -0.05) is 0 Å². The summed E-state index contributed by atoms with van der Waals surface area (Å²) in [5.74, 6) is 2.82. The Morgan fingerprint density at radius 3 is 2.85 bits per heavy atom. The van der Waals surface area contributed by atoms with Crippen LogP contribution in [-0.4, -0.2) is 23.1 Å². The van der Waals surface area contributed by atoms with Gasteiger partial charge in [0.05, 0.1) is 0 Å². The Bertz CT molecular complexity index is 297. The third kappa shape index (κ3) is 1.48. The predicted octanol–water partition coefficient (Wildman–Crippen LogP) is 1.05. The zero-order valence-corrected chi connectivity index (χ0v) is 7.71. The SMILES string of the molecule is c1nc(C2CC2)[nH]c1CC1CNC1. The number of aromatic amines is 1. The fourth-order valence-corrected chi connectivity index (χ4v) is 1.85. The second-order valence-electron chi connectivity index (χ2n) is 4.30. The largest absolute Gasteiger partial charge is 0.346 e. The number of hydrogen-bond acceptors (Lipinski definition) is 2. The van der Waals surface area contributed by atoms with Crippen LogP contribution in [0.5, 0.6) is 0 Å². The Balaban J connectivity index is 1.66. The zero-order valence-electron chi connectivity index (χ0n) is 7.71. The van der Waals surface area contributed by atoms with Crippen LogP contribution < -0.4 is 5.32 Å². The molecule has 2 heterocycles. The van der Waals surface area contributed by atoms with Crippen LogP contribution in [0.1, 0.15) is 30.3 Å². The highest BCUT2D eigenvalue weighted by Crippen LogP contribution is 2.38. The van der Waals surface area contributed by atoms with E-state index in [2.05, 4.69) is 15.3 Å². The topological polar surface area (TPSA) is 40.7 Å². The van der Waals surface area contributed by atoms with E-state index in [4.69, 9.17) is 0 Å². The predicted molar refractivity (Wildman–Crippen MR) is 50.6 cm³/mol. The summed E-state index contributed by atoms with van der Waals surface area (Å²) in [7, 11) is 0. The highest BCUT2D eigenvalue weighted by atomic mass is 15.0. The van der Waals surface area contributed by atoms with Crippen LogP contribution in [0.15, 0.2) is 6.20 Å². The lowest BCUT2D eigenvalue weighted by Gasteiger charge is -2.26. The maximum atomic E-state index is 4.41. The number of aromatic nitrogens is 2. The summed E-state index contributed by atoms with van der Waals surface area (Å²) >= 11 is 0. The second-order valence-corrected chi connectivity index (χ2v) is 4.30. The monoisotopic (exact) mass is 177 g/mol. The van der Waals surface area contributed by atoms with Crippen molar-refractivity contribution in [1.29, 1.82) is 0 Å². The molecule has 0 spiro atoms. The molecule has 1 saturated carbocycles. The molecular weight excluding hydrogens is 162 g/mol. The van der Waals surface area contributed by atoms with Crippen LogP contribution in [0, 0.1) is 5.92 Å². The molecule has 2 N–H and O–H groups in total. The van der Waals surface area contributed by atoms with Crippen LogP contribution in [0.4, 0.5) is 0 Å². The molecule has 1 aliphatic carbocycles. The van der Waals surface area contributed by atoms with E-state index < -0.39 is 0 Å². The number of imidazole rings is 1. The number of rotatable bonds is 3. The average molecular weight is 177 g/mol. The molecule has 0 radical (unpaired) electrons. The Morgan fingerprint density at radius 1 is 1.38 bits per heavy atom. The lowest BCUT2D eigenvalue weighted by Crippen LogP contribution is -2.43. The molecule has 0 bridgehead atoms. The lowest BCUT2D eigenvalue weighted by molar-refractivity contribution is 0.344. The molecule has 3 nitrogen and oxygen atoms in total. The molecule has 70 valence electrons. The molecule has 1 aliphatic heterocycles. The second kappa shape index (κ2) is 2.84. The summed E-state index contributed by atoms with van der Waals surface area (Å²) in [5, 5.41) is 3.29. The van der Waals surface area contributed by atoms with E-state index in [9.17, 15) is 0 Å². The van der Waals surface area contributed by atoms with Crippen LogP contribution >= 0.6 is 0 Å². The third-order valence-electron chi connectivity index (χ3n) is 2.99. The van der Waals surface area contributed by atoms with Crippen molar-refractivity contribution in [2.45, 2.75) is 25.2 Å². The Hall–Kier alpha value is -0.830. The third-order valence-corrected chi connectivity index (χ3v) is 2.99. The van der Waals surface area contributed by atoms with Gasteiger partial charge >= 0.3 is 0 Å². The van der Waals surface area contributed by atoms with Crippen molar-refractivity contribution in [2.24, 2.45) is 5.92 Å². The minimum Gasteiger partial charge on any atom is -0.346 e. The fourth-order valence-electron chi connectivity index (χ4n) is 1.85. The fraction of sp³-hybridized carbons (Fsp3) is 0.700. The molecule has 3 rings (SSSR count). The molecule has 3 heteroatoms. The van der Waals surface area contributed by atoms with E-state index in [1.54, 1.807) is 0 Å². The molecule has 0 atom stereocenters. The van der Waals surface area contributed by atoms with E-state index >= 15 is 0 Å². The maximum absolute atomic E-state index is 4.41. The van der Waals surface area contributed by atoms with Gasteiger partial charge in [0, 0.05) is 17.8 Å². The quantitative estimate of drug-likeness (QED) is 0.724. The summed E-state index contributed by atoms with van der Waals surface area (Å²) in [5.41, 5.74) is 1.33. The van der Waals surface area contributed by atoms with Crippen LogP contribution in [0.2, 0.25) is 0 Å². The van der Waals surface area contributed by atoms with Gasteiger partial charge in [-0.3, -0.25) is 0 Å². The molecule has 1 saturated heterocycles. The number of H-pyrrole nitrogens is 1. The molecular formula is C10H15N3. The Kier molecular flexibility index (Phi) is 1.65. The molecule has 1 aromatic heterocycles. The average Bonchev–Trinajstić information content (AvgIpc) is 2.80. The van der Waals surface area contributed by atoms with Gasteiger partial charge in [-0.15, -0.1) is 0 Å². The van der Waals surface area contributed by atoms with Gasteiger partial charge in [0.1, 0.15) is 5.82 Å². The van der Waals surface area contributed by atoms with E-state index in [0.29, 0.717) is 0 Å². The van der Waals surface area contributed by atoms with Crippen molar-refractivity contribution in [2.75, 3.05) is 13.1 Å². The van der Waals surface area contributed by atoms with Crippen LogP contribution in [0.25, 0.3) is 0 Å². The molecule has 0 unspecified atom stereocenters. The molecule has 0 amide bonds. The smallest absolute Gasteiger partial charge is 0.109 e. The maximum Gasteiger partial charge on any atom is 0.109 e. The highest BCUT2D eigenvalue weighted by Gasteiger charge is 2.27. The first-order valence-electron chi connectivity index (χ1n) is 5.16. The summed E-state index contributed by atoms with van der Waals surface area (Å²) < 4.78 is 0. The lowest BCUT2D eigenvalue weighted by atomic mass is 9.98. The first-order valence-corrected chi connectivity index (χ1v) is 5.16. The zero-order chi connectivity index (χ0) is 8.67. The minimum absolute atomic E-state index is 0.758. The van der Waals surface area contributed by atoms with Crippen molar-refractivity contribution in [3.8, 4) is 0 Å². The van der Waals surface area contributed by atoms with Crippen molar-refractivity contribution in [3.05, 3.63) is 17.7 Å². The summed E-state index contributed by atoms with van der Waals surface area (Å²) in [6.07, 6.45) is 5.86. The van der Waals surface area contributed by atoms with Gasteiger partial charge in [0.2, 0.25) is 0 Å². The van der Waals surface area contributed by atoms with E-state index in [1.165, 1.54) is 43.9 Å². The first-order chi connectivity index (χ1) is 6.42. The van der Waals surface area contributed by atoms with Crippen molar-refractivity contribution < 1.29 is 0 Å². The molecule has 1 aromatic rings. The molecule has 2 aliphatic rings. The van der Waals surface area contributed by atoms with Gasteiger partial charge in [-0.2, -0.15) is 0 Å². The van der Waals surface area contributed by atoms with E-state index in [0.717, 1.165) is 11.8 Å². The van der Waals surface area contributed by atoms with Crippen LogP contribution in [-0.2, 0) is 6.42 Å². The van der Waals surface area contributed by atoms with Crippen molar-refractivity contribution >= 4 is 0 Å². The van der Waals surface area contributed by atoms with Gasteiger partial charge in [0.15, 0.2) is 0 Å². The molecule has 0 aromatic carbocycles. The Morgan fingerprint density at radius 2 is 2.23 bits per heavy atom. The number of hydrogen-bond donors (Lipinski definition) is 2. The highest BCUT2D eigenvalue weighted by molar-refractivity contribution is 5.11. The minimum atomic E-state index is 0.758. The molecule has 13 heavy (non-hydrogen) atoms. The normalized spacial score (nSPS) is 23.1. The van der Waals surface area contributed by atoms with Crippen molar-refractivity contribution in [3.63, 3.8) is 0 Å². The first kappa shape index (κ1) is 7.56. The van der Waals surface area contributed by atoms with E-state index in [-0.39, 0.29) is 0 Å². The molecule has 2 fully saturated rings. The number of nitrogens with zero attached hydrogens (tertiary/aromatic N) is 1. The summed E-state index contributed by atoms with van der Waals surface area (Å²) in [6, 6.07) is 0.